The van der Waals surface area contributed by atoms with Crippen LogP contribution in [0.1, 0.15) is 21.5 Å². The van der Waals surface area contributed by atoms with E-state index in [1.807, 2.05) is 6.92 Å². The number of esters is 1. The maximum absolute atomic E-state index is 13.0. The maximum atomic E-state index is 13.0. The number of halogens is 1. The molecule has 0 saturated heterocycles. The molecular formula is C17H16ClNO4S. The lowest BCUT2D eigenvalue weighted by atomic mass is 10.1. The van der Waals surface area contributed by atoms with E-state index in [9.17, 15) is 13.2 Å². The van der Waals surface area contributed by atoms with Gasteiger partial charge in [0.15, 0.2) is 0 Å². The summed E-state index contributed by atoms with van der Waals surface area (Å²) in [5.41, 5.74) is 2.66. The number of anilines is 1. The second-order valence-corrected chi connectivity index (χ2v) is 7.83. The van der Waals surface area contributed by atoms with Gasteiger partial charge in [0.1, 0.15) is 4.90 Å². The van der Waals surface area contributed by atoms with Crippen LogP contribution in [0.2, 0.25) is 5.02 Å². The van der Waals surface area contributed by atoms with Gasteiger partial charge in [0, 0.05) is 6.54 Å². The van der Waals surface area contributed by atoms with Gasteiger partial charge < -0.3 is 4.74 Å². The molecule has 0 bridgehead atoms. The maximum Gasteiger partial charge on any atom is 0.337 e. The highest BCUT2D eigenvalue weighted by atomic mass is 35.5. The number of carbonyl (C=O) groups excluding carboxylic acids is 1. The Labute approximate surface area is 145 Å². The number of methoxy groups -OCH3 is 1. The Morgan fingerprint density at radius 3 is 2.62 bits per heavy atom. The first kappa shape index (κ1) is 16.8. The predicted octanol–water partition coefficient (Wildman–Crippen LogP) is 3.19. The number of hydrogen-bond acceptors (Lipinski definition) is 4. The van der Waals surface area contributed by atoms with E-state index < -0.39 is 16.0 Å². The molecule has 2 aromatic rings. The number of nitrogens with zero attached hydrogens (tertiary/aromatic N) is 1. The molecule has 0 atom stereocenters. The Balaban J connectivity index is 2.03. The molecule has 0 amide bonds. The summed E-state index contributed by atoms with van der Waals surface area (Å²) in [5, 5.41) is 0.203. The summed E-state index contributed by atoms with van der Waals surface area (Å²) in [7, 11) is -2.44. The Morgan fingerprint density at radius 2 is 1.96 bits per heavy atom. The first-order valence-corrected chi connectivity index (χ1v) is 9.16. The SMILES string of the molecule is COC(=O)c1ccc2c(c1)CCN2S(=O)(=O)c1ccc(C)cc1Cl. The second-order valence-electron chi connectivity index (χ2n) is 5.60. The minimum Gasteiger partial charge on any atom is -0.465 e. The number of rotatable bonds is 3. The molecule has 3 rings (SSSR count). The number of sulfonamides is 1. The Morgan fingerprint density at radius 1 is 1.21 bits per heavy atom. The van der Waals surface area contributed by atoms with Crippen LogP contribution in [-0.4, -0.2) is 28.0 Å². The molecule has 24 heavy (non-hydrogen) atoms. The number of ether oxygens (including phenoxy) is 1. The lowest BCUT2D eigenvalue weighted by molar-refractivity contribution is 0.0600. The number of carbonyl (C=O) groups is 1. The van der Waals surface area contributed by atoms with Gasteiger partial charge in [-0.1, -0.05) is 17.7 Å². The van der Waals surface area contributed by atoms with E-state index >= 15 is 0 Å². The average molecular weight is 366 g/mol. The molecular weight excluding hydrogens is 350 g/mol. The molecule has 5 nitrogen and oxygen atoms in total. The molecule has 0 unspecified atom stereocenters. The van der Waals surface area contributed by atoms with Crippen LogP contribution in [0.3, 0.4) is 0 Å². The topological polar surface area (TPSA) is 63.7 Å². The second kappa shape index (κ2) is 6.11. The van der Waals surface area contributed by atoms with Crippen LogP contribution in [0.4, 0.5) is 5.69 Å². The smallest absolute Gasteiger partial charge is 0.337 e. The van der Waals surface area contributed by atoms with Gasteiger partial charge in [-0.15, -0.1) is 0 Å². The van der Waals surface area contributed by atoms with Gasteiger partial charge in [-0.25, -0.2) is 13.2 Å². The average Bonchev–Trinajstić information content (AvgIpc) is 2.97. The Bertz CT molecular complexity index is 924. The van der Waals surface area contributed by atoms with Crippen LogP contribution >= 0.6 is 11.6 Å². The molecule has 0 aromatic heterocycles. The highest BCUT2D eigenvalue weighted by molar-refractivity contribution is 7.93. The van der Waals surface area contributed by atoms with Gasteiger partial charge in [0.2, 0.25) is 0 Å². The summed E-state index contributed by atoms with van der Waals surface area (Å²) in [5.74, 6) is -0.444. The lowest BCUT2D eigenvalue weighted by Gasteiger charge is -2.20. The summed E-state index contributed by atoms with van der Waals surface area (Å²) in [6, 6.07) is 9.74. The third-order valence-corrected chi connectivity index (χ3v) is 6.31. The van der Waals surface area contributed by atoms with E-state index in [2.05, 4.69) is 0 Å². The van der Waals surface area contributed by atoms with Crippen molar-refractivity contribution in [1.29, 1.82) is 0 Å². The first-order valence-electron chi connectivity index (χ1n) is 7.34. The van der Waals surface area contributed by atoms with Crippen LogP contribution in [-0.2, 0) is 21.2 Å². The van der Waals surface area contributed by atoms with E-state index in [0.717, 1.165) is 11.1 Å². The van der Waals surface area contributed by atoms with Gasteiger partial charge in [-0.2, -0.15) is 0 Å². The fourth-order valence-electron chi connectivity index (χ4n) is 2.80. The van der Waals surface area contributed by atoms with Gasteiger partial charge in [-0.3, -0.25) is 4.31 Å². The molecule has 0 spiro atoms. The zero-order valence-electron chi connectivity index (χ0n) is 13.2. The van der Waals surface area contributed by atoms with Crippen molar-refractivity contribution < 1.29 is 17.9 Å². The molecule has 0 aliphatic carbocycles. The van der Waals surface area contributed by atoms with Crippen molar-refractivity contribution in [3.8, 4) is 0 Å². The summed E-state index contributed by atoms with van der Waals surface area (Å²) in [6.07, 6.45) is 0.531. The number of hydrogen-bond donors (Lipinski definition) is 0. The van der Waals surface area contributed by atoms with Crippen molar-refractivity contribution in [3.63, 3.8) is 0 Å². The molecule has 2 aromatic carbocycles. The molecule has 1 aliphatic rings. The van der Waals surface area contributed by atoms with Crippen LogP contribution in [0.5, 0.6) is 0 Å². The van der Waals surface area contributed by atoms with Gasteiger partial charge in [0.25, 0.3) is 10.0 Å². The lowest BCUT2D eigenvalue weighted by Crippen LogP contribution is -2.29. The third kappa shape index (κ3) is 2.76. The van der Waals surface area contributed by atoms with Crippen molar-refractivity contribution in [1.82, 2.24) is 0 Å². The van der Waals surface area contributed by atoms with Crippen molar-refractivity contribution in [2.45, 2.75) is 18.2 Å². The van der Waals surface area contributed by atoms with Crippen molar-refractivity contribution in [2.24, 2.45) is 0 Å². The van der Waals surface area contributed by atoms with E-state index in [4.69, 9.17) is 16.3 Å². The molecule has 0 fully saturated rings. The minimum atomic E-state index is -3.75. The summed E-state index contributed by atoms with van der Waals surface area (Å²) < 4.78 is 31.9. The molecule has 126 valence electrons. The van der Waals surface area contributed by atoms with Crippen LogP contribution in [0.25, 0.3) is 0 Å². The molecule has 1 heterocycles. The standard InChI is InChI=1S/C17H16ClNO4S/c1-11-3-6-16(14(18)9-11)24(21,22)19-8-7-12-10-13(17(20)23-2)4-5-15(12)19/h3-6,9-10H,7-8H2,1-2H3. The zero-order valence-corrected chi connectivity index (χ0v) is 14.8. The molecule has 0 N–H and O–H groups in total. The summed E-state index contributed by atoms with van der Waals surface area (Å²) >= 11 is 6.14. The molecule has 0 saturated carbocycles. The number of benzene rings is 2. The minimum absolute atomic E-state index is 0.0830. The first-order chi connectivity index (χ1) is 11.3. The molecule has 0 radical (unpaired) electrons. The molecule has 7 heteroatoms. The van der Waals surface area contributed by atoms with Crippen LogP contribution in [0.15, 0.2) is 41.3 Å². The van der Waals surface area contributed by atoms with Gasteiger partial charge >= 0.3 is 5.97 Å². The number of aryl methyl sites for hydroxylation is 1. The van der Waals surface area contributed by atoms with E-state index in [0.29, 0.717) is 24.2 Å². The predicted molar refractivity (Wildman–Crippen MR) is 92.2 cm³/mol. The van der Waals surface area contributed by atoms with Crippen LogP contribution in [0, 0.1) is 6.92 Å². The fraction of sp³-hybridized carbons (Fsp3) is 0.235. The largest absolute Gasteiger partial charge is 0.465 e. The highest BCUT2D eigenvalue weighted by Gasteiger charge is 2.32. The van der Waals surface area contributed by atoms with E-state index in [-0.39, 0.29) is 9.92 Å². The quantitative estimate of drug-likeness (QED) is 0.783. The van der Waals surface area contributed by atoms with Crippen molar-refractivity contribution in [2.75, 3.05) is 18.0 Å². The van der Waals surface area contributed by atoms with Gasteiger partial charge in [0.05, 0.1) is 23.4 Å². The fourth-order valence-corrected chi connectivity index (χ4v) is 4.88. The summed E-state index contributed by atoms with van der Waals surface area (Å²) in [6.45, 7) is 2.16. The normalized spacial score (nSPS) is 13.7. The van der Waals surface area contributed by atoms with Crippen LogP contribution < -0.4 is 4.31 Å². The molecule has 1 aliphatic heterocycles. The highest BCUT2D eigenvalue weighted by Crippen LogP contribution is 2.35. The zero-order chi connectivity index (χ0) is 17.5. The van der Waals surface area contributed by atoms with E-state index in [1.54, 1.807) is 30.3 Å². The number of fused-ring (bicyclic) bond motifs is 1. The third-order valence-electron chi connectivity index (χ3n) is 4.01. The van der Waals surface area contributed by atoms with E-state index in [1.165, 1.54) is 17.5 Å². The van der Waals surface area contributed by atoms with Gasteiger partial charge in [-0.05, 0) is 54.8 Å². The monoisotopic (exact) mass is 365 g/mol. The summed E-state index contributed by atoms with van der Waals surface area (Å²) in [4.78, 5) is 11.7. The van der Waals surface area contributed by atoms with Crippen molar-refractivity contribution in [3.05, 3.63) is 58.1 Å². The van der Waals surface area contributed by atoms with Crippen molar-refractivity contribution >= 4 is 33.3 Å². The Kier molecular flexibility index (Phi) is 4.27. The Hall–Kier alpha value is -2.05.